The van der Waals surface area contributed by atoms with Crippen LogP contribution in [0.25, 0.3) is 11.0 Å². The zero-order valence-corrected chi connectivity index (χ0v) is 12.4. The second-order valence-electron chi connectivity index (χ2n) is 4.67. The van der Waals surface area contributed by atoms with Gasteiger partial charge in [0.25, 0.3) is 0 Å². The average Bonchev–Trinajstić information content (AvgIpc) is 2.75. The third-order valence-corrected chi connectivity index (χ3v) is 3.52. The Labute approximate surface area is 122 Å². The van der Waals surface area contributed by atoms with Gasteiger partial charge in [0.15, 0.2) is 0 Å². The lowest BCUT2D eigenvalue weighted by molar-refractivity contribution is -0.135. The van der Waals surface area contributed by atoms with Crippen LogP contribution in [0.2, 0.25) is 0 Å². The van der Waals surface area contributed by atoms with Gasteiger partial charge in [-0.15, -0.1) is 0 Å². The van der Waals surface area contributed by atoms with Gasteiger partial charge < -0.3 is 0 Å². The Kier molecular flexibility index (Phi) is 4.26. The highest BCUT2D eigenvalue weighted by Crippen LogP contribution is 2.22. The average molecular weight is 289 g/mol. The molecule has 0 saturated carbocycles. The number of fused-ring (bicyclic) bond motifs is 1. The summed E-state index contributed by atoms with van der Waals surface area (Å²) in [6.45, 7) is 4.00. The molecule has 1 saturated heterocycles. The number of aromatic nitrogens is 2. The highest BCUT2D eigenvalue weighted by molar-refractivity contribution is 6.00. The number of nitrogens with one attached hydrogen (secondary N) is 1. The number of hydrogen-bond acceptors (Lipinski definition) is 3. The number of benzene rings is 1. The molecule has 1 fully saturated rings. The molecule has 0 radical (unpaired) electrons. The molecule has 112 valence electrons. The third-order valence-electron chi connectivity index (χ3n) is 3.52. The lowest BCUT2D eigenvalue weighted by Gasteiger charge is -2.21. The molecule has 6 nitrogen and oxygen atoms in total. The maximum absolute atomic E-state index is 12.3. The lowest BCUT2D eigenvalue weighted by atomic mass is 10.1. The molecule has 2 heterocycles. The first kappa shape index (κ1) is 15.0. The quantitative estimate of drug-likeness (QED) is 0.805. The van der Waals surface area contributed by atoms with Gasteiger partial charge in [0.2, 0.25) is 11.8 Å². The summed E-state index contributed by atoms with van der Waals surface area (Å²) in [6.07, 6.45) is 0.616. The predicted octanol–water partition coefficient (Wildman–Crippen LogP) is 1.34. The number of amides is 2. The topological polar surface area (TPSA) is 73.1 Å². The summed E-state index contributed by atoms with van der Waals surface area (Å²) in [5, 5.41) is 2.28. The van der Waals surface area contributed by atoms with Gasteiger partial charge >= 0.3 is 5.69 Å². The Balaban J connectivity index is 0.000000774. The van der Waals surface area contributed by atoms with Crippen LogP contribution in [0.4, 0.5) is 0 Å². The molecule has 1 aliphatic heterocycles. The van der Waals surface area contributed by atoms with E-state index in [0.29, 0.717) is 11.9 Å². The summed E-state index contributed by atoms with van der Waals surface area (Å²) in [5.41, 5.74) is 1.25. The number of carbonyl (C=O) groups excluding carboxylic acids is 2. The van der Waals surface area contributed by atoms with Crippen molar-refractivity contribution in [1.29, 1.82) is 0 Å². The van der Waals surface area contributed by atoms with E-state index in [0.717, 1.165) is 5.52 Å². The van der Waals surface area contributed by atoms with Crippen LogP contribution >= 0.6 is 0 Å². The van der Waals surface area contributed by atoms with Crippen molar-refractivity contribution in [3.8, 4) is 0 Å². The third kappa shape index (κ3) is 2.49. The second kappa shape index (κ2) is 5.95. The minimum Gasteiger partial charge on any atom is -0.295 e. The summed E-state index contributed by atoms with van der Waals surface area (Å²) in [4.78, 5) is 35.4. The van der Waals surface area contributed by atoms with Crippen molar-refractivity contribution < 1.29 is 9.59 Å². The number of carbonyl (C=O) groups is 2. The molecular formula is C15H19N3O3. The number of rotatable bonds is 1. The van der Waals surface area contributed by atoms with Crippen LogP contribution in [0.15, 0.2) is 29.1 Å². The van der Waals surface area contributed by atoms with Crippen molar-refractivity contribution in [3.05, 3.63) is 34.7 Å². The Morgan fingerprint density at radius 2 is 1.71 bits per heavy atom. The molecule has 6 heteroatoms. The first-order chi connectivity index (χ1) is 10.1. The summed E-state index contributed by atoms with van der Waals surface area (Å²) in [6, 6.07) is 6.69. The van der Waals surface area contributed by atoms with E-state index in [9.17, 15) is 14.4 Å². The monoisotopic (exact) mass is 289 g/mol. The van der Waals surface area contributed by atoms with Crippen LogP contribution in [0.1, 0.15) is 32.7 Å². The Hall–Kier alpha value is -2.37. The fourth-order valence-electron chi connectivity index (χ4n) is 2.55. The van der Waals surface area contributed by atoms with Crippen LogP contribution in [0.5, 0.6) is 0 Å². The molecule has 1 N–H and O–H groups in total. The van der Waals surface area contributed by atoms with E-state index in [4.69, 9.17) is 0 Å². The molecule has 21 heavy (non-hydrogen) atoms. The molecule has 1 aromatic carbocycles. The Morgan fingerprint density at radius 1 is 1.10 bits per heavy atom. The van der Waals surface area contributed by atoms with Gasteiger partial charge in [-0.25, -0.2) is 4.79 Å². The maximum atomic E-state index is 12.3. The summed E-state index contributed by atoms with van der Waals surface area (Å²) in [5.74, 6) is -0.691. The van der Waals surface area contributed by atoms with Gasteiger partial charge in [0, 0.05) is 13.5 Å². The minimum atomic E-state index is -0.615. The number of imide groups is 1. The van der Waals surface area contributed by atoms with Crippen LogP contribution in [-0.4, -0.2) is 20.9 Å². The van der Waals surface area contributed by atoms with E-state index in [-0.39, 0.29) is 18.0 Å². The number of nitrogens with zero attached hydrogens (tertiary/aromatic N) is 2. The van der Waals surface area contributed by atoms with Crippen LogP contribution < -0.4 is 11.0 Å². The van der Waals surface area contributed by atoms with Crippen molar-refractivity contribution in [2.45, 2.75) is 32.7 Å². The van der Waals surface area contributed by atoms with Gasteiger partial charge in [0.1, 0.15) is 6.04 Å². The molecule has 1 atom stereocenters. The number of imidazole rings is 1. The molecule has 0 bridgehead atoms. The van der Waals surface area contributed by atoms with Crippen molar-refractivity contribution in [1.82, 2.24) is 14.5 Å². The number of piperidine rings is 1. The first-order valence-corrected chi connectivity index (χ1v) is 7.09. The smallest absolute Gasteiger partial charge is 0.295 e. The Bertz CT molecular complexity index is 742. The fourth-order valence-corrected chi connectivity index (χ4v) is 2.55. The predicted molar refractivity (Wildman–Crippen MR) is 79.9 cm³/mol. The maximum Gasteiger partial charge on any atom is 0.329 e. The lowest BCUT2D eigenvalue weighted by Crippen LogP contribution is -2.44. The minimum absolute atomic E-state index is 0.240. The van der Waals surface area contributed by atoms with E-state index in [2.05, 4.69) is 5.32 Å². The highest BCUT2D eigenvalue weighted by Gasteiger charge is 2.30. The molecule has 3 rings (SSSR count). The van der Waals surface area contributed by atoms with Crippen LogP contribution in [0.3, 0.4) is 0 Å². The molecule has 2 amide bonds. The molecule has 2 aromatic rings. The van der Waals surface area contributed by atoms with Crippen molar-refractivity contribution >= 4 is 22.8 Å². The van der Waals surface area contributed by atoms with Gasteiger partial charge in [-0.1, -0.05) is 26.0 Å². The molecule has 1 aliphatic rings. The fraction of sp³-hybridized carbons (Fsp3) is 0.400. The molecule has 1 unspecified atom stereocenters. The van der Waals surface area contributed by atoms with E-state index in [1.165, 1.54) is 9.13 Å². The number of para-hydroxylation sites is 2. The number of aryl methyl sites for hydroxylation is 1. The van der Waals surface area contributed by atoms with Crippen molar-refractivity contribution in [2.75, 3.05) is 0 Å². The SMILES string of the molecule is CC.Cn1c(=O)n(C2CCC(=O)NC2=O)c2ccccc21. The van der Waals surface area contributed by atoms with Gasteiger partial charge in [-0.05, 0) is 18.6 Å². The van der Waals surface area contributed by atoms with E-state index in [1.807, 2.05) is 32.0 Å². The summed E-state index contributed by atoms with van der Waals surface area (Å²) < 4.78 is 2.98. The number of hydrogen-bond donors (Lipinski definition) is 1. The van der Waals surface area contributed by atoms with Gasteiger partial charge in [-0.3, -0.25) is 24.0 Å². The Morgan fingerprint density at radius 3 is 2.33 bits per heavy atom. The van der Waals surface area contributed by atoms with Crippen LogP contribution in [-0.2, 0) is 16.6 Å². The first-order valence-electron chi connectivity index (χ1n) is 7.09. The summed E-state index contributed by atoms with van der Waals surface area (Å²) >= 11 is 0. The standard InChI is InChI=1S/C13H13N3O3.C2H6/c1-15-8-4-2-3-5-9(8)16(13(15)19)10-6-7-11(17)14-12(10)18;1-2/h2-5,10H,6-7H2,1H3,(H,14,17,18);1-2H3. The summed E-state index contributed by atoms with van der Waals surface area (Å²) in [7, 11) is 1.67. The highest BCUT2D eigenvalue weighted by atomic mass is 16.2. The largest absolute Gasteiger partial charge is 0.329 e. The molecule has 0 aliphatic carbocycles. The van der Waals surface area contributed by atoms with Crippen molar-refractivity contribution in [2.24, 2.45) is 7.05 Å². The van der Waals surface area contributed by atoms with Gasteiger partial charge in [-0.2, -0.15) is 0 Å². The molecule has 1 aromatic heterocycles. The zero-order valence-electron chi connectivity index (χ0n) is 12.4. The van der Waals surface area contributed by atoms with Gasteiger partial charge in [0.05, 0.1) is 11.0 Å². The second-order valence-corrected chi connectivity index (χ2v) is 4.67. The van der Waals surface area contributed by atoms with E-state index in [1.54, 1.807) is 13.1 Å². The zero-order chi connectivity index (χ0) is 15.6. The normalized spacial score (nSPS) is 18.1. The van der Waals surface area contributed by atoms with Crippen LogP contribution in [0, 0.1) is 0 Å². The molecular weight excluding hydrogens is 270 g/mol. The van der Waals surface area contributed by atoms with E-state index >= 15 is 0 Å². The van der Waals surface area contributed by atoms with Crippen molar-refractivity contribution in [3.63, 3.8) is 0 Å². The molecule has 0 spiro atoms. The van der Waals surface area contributed by atoms with E-state index < -0.39 is 11.9 Å².